The van der Waals surface area contributed by atoms with E-state index in [2.05, 4.69) is 5.92 Å². The molecule has 1 heterocycles. The molecule has 5 nitrogen and oxygen atoms in total. The monoisotopic (exact) mass is 197 g/mol. The minimum Gasteiger partial charge on any atom is -0.480 e. The molecule has 0 aromatic rings. The highest BCUT2D eigenvalue weighted by Gasteiger charge is 2.31. The topological polar surface area (TPSA) is 66.8 Å². The number of hydrogen-bond donors (Lipinski definition) is 1. The molecule has 1 unspecified atom stereocenters. The molecule has 1 saturated heterocycles. The predicted molar refractivity (Wildman–Crippen MR) is 47.5 cm³/mol. The number of terminal acetylenes is 1. The highest BCUT2D eigenvalue weighted by atomic mass is 16.6. The Hall–Kier alpha value is -1.70. The van der Waals surface area contributed by atoms with Gasteiger partial charge in [-0.25, -0.2) is 9.59 Å². The first kappa shape index (κ1) is 10.4. The maximum absolute atomic E-state index is 11.2. The van der Waals surface area contributed by atoms with Crippen molar-refractivity contribution in [3.05, 3.63) is 0 Å². The van der Waals surface area contributed by atoms with Gasteiger partial charge in [-0.1, -0.05) is 0 Å². The maximum atomic E-state index is 11.2. The van der Waals surface area contributed by atoms with E-state index >= 15 is 0 Å². The summed E-state index contributed by atoms with van der Waals surface area (Å²) in [5.74, 6) is 1.14. The summed E-state index contributed by atoms with van der Waals surface area (Å²) in [5.41, 5.74) is 0. The molecule has 1 amide bonds. The van der Waals surface area contributed by atoms with Gasteiger partial charge in [0.05, 0.1) is 6.61 Å². The number of carbonyl (C=O) groups is 2. The molecule has 1 atom stereocenters. The average Bonchev–Trinajstić information content (AvgIpc) is 2.15. The number of aliphatic carboxylic acids is 1. The number of hydrogen-bond acceptors (Lipinski definition) is 3. The molecular formula is C9H11NO4. The van der Waals surface area contributed by atoms with E-state index in [1.807, 2.05) is 0 Å². The zero-order valence-corrected chi connectivity index (χ0v) is 7.60. The molecule has 0 spiro atoms. The van der Waals surface area contributed by atoms with Gasteiger partial charge in [0.25, 0.3) is 0 Å². The Balaban J connectivity index is 2.71. The third-order valence-corrected chi connectivity index (χ3v) is 1.98. The fourth-order valence-corrected chi connectivity index (χ4v) is 1.29. The van der Waals surface area contributed by atoms with Crippen molar-refractivity contribution in [1.29, 1.82) is 0 Å². The molecule has 0 saturated carbocycles. The van der Waals surface area contributed by atoms with E-state index in [1.165, 1.54) is 0 Å². The first-order chi connectivity index (χ1) is 6.66. The van der Waals surface area contributed by atoms with Gasteiger partial charge in [-0.05, 0) is 6.42 Å². The van der Waals surface area contributed by atoms with Crippen LogP contribution in [-0.4, -0.2) is 41.3 Å². The Bertz CT molecular complexity index is 281. The average molecular weight is 197 g/mol. The lowest BCUT2D eigenvalue weighted by Crippen LogP contribution is -2.48. The maximum Gasteiger partial charge on any atom is 0.410 e. The molecule has 14 heavy (non-hydrogen) atoms. The van der Waals surface area contributed by atoms with E-state index in [4.69, 9.17) is 16.3 Å². The Morgan fingerprint density at radius 2 is 2.50 bits per heavy atom. The zero-order chi connectivity index (χ0) is 10.6. The lowest BCUT2D eigenvalue weighted by atomic mass is 10.1. The number of nitrogens with zero attached hydrogens (tertiary/aromatic N) is 1. The summed E-state index contributed by atoms with van der Waals surface area (Å²) in [6.07, 6.45) is 5.07. The van der Waals surface area contributed by atoms with Crippen LogP contribution >= 0.6 is 0 Å². The van der Waals surface area contributed by atoms with Crippen molar-refractivity contribution in [3.63, 3.8) is 0 Å². The van der Waals surface area contributed by atoms with Crippen LogP contribution in [0.2, 0.25) is 0 Å². The van der Waals surface area contributed by atoms with Crippen molar-refractivity contribution in [2.24, 2.45) is 0 Å². The minimum absolute atomic E-state index is 0.00440. The second-order valence-electron chi connectivity index (χ2n) is 2.92. The number of rotatable bonds is 3. The number of carboxylic acids is 1. The minimum atomic E-state index is -1.10. The molecular weight excluding hydrogens is 186 g/mol. The van der Waals surface area contributed by atoms with Gasteiger partial charge in [0.1, 0.15) is 6.04 Å². The number of amides is 1. The number of cyclic esters (lactones) is 1. The van der Waals surface area contributed by atoms with Gasteiger partial charge in [-0.15, -0.1) is 12.3 Å². The van der Waals surface area contributed by atoms with E-state index in [0.29, 0.717) is 19.6 Å². The summed E-state index contributed by atoms with van der Waals surface area (Å²) < 4.78 is 4.72. The lowest BCUT2D eigenvalue weighted by molar-refractivity contribution is -0.143. The van der Waals surface area contributed by atoms with Gasteiger partial charge < -0.3 is 9.84 Å². The number of carboxylic acid groups (broad SMARTS) is 1. The van der Waals surface area contributed by atoms with Crippen LogP contribution in [0.3, 0.4) is 0 Å². The summed E-state index contributed by atoms with van der Waals surface area (Å²) in [4.78, 5) is 23.1. The molecule has 0 aromatic carbocycles. The van der Waals surface area contributed by atoms with E-state index < -0.39 is 18.1 Å². The molecule has 1 rings (SSSR count). The van der Waals surface area contributed by atoms with Gasteiger partial charge in [0, 0.05) is 13.0 Å². The van der Waals surface area contributed by atoms with Crippen molar-refractivity contribution < 1.29 is 19.4 Å². The molecule has 0 bridgehead atoms. The van der Waals surface area contributed by atoms with Gasteiger partial charge in [-0.3, -0.25) is 4.90 Å². The van der Waals surface area contributed by atoms with Crippen LogP contribution in [-0.2, 0) is 9.53 Å². The Morgan fingerprint density at radius 1 is 1.79 bits per heavy atom. The fourth-order valence-electron chi connectivity index (χ4n) is 1.29. The molecule has 0 aromatic heterocycles. The first-order valence-corrected chi connectivity index (χ1v) is 4.26. The molecule has 76 valence electrons. The molecule has 0 aliphatic carbocycles. The van der Waals surface area contributed by atoms with E-state index in [-0.39, 0.29) is 6.42 Å². The van der Waals surface area contributed by atoms with Crippen LogP contribution in [0.15, 0.2) is 0 Å². The molecule has 1 N–H and O–H groups in total. The number of carbonyl (C=O) groups excluding carboxylic acids is 1. The van der Waals surface area contributed by atoms with E-state index in [0.717, 1.165) is 4.90 Å². The van der Waals surface area contributed by atoms with Crippen molar-refractivity contribution in [2.45, 2.75) is 18.9 Å². The molecule has 0 radical (unpaired) electrons. The second-order valence-corrected chi connectivity index (χ2v) is 2.92. The van der Waals surface area contributed by atoms with Crippen molar-refractivity contribution in [1.82, 2.24) is 4.90 Å². The molecule has 1 aliphatic heterocycles. The normalized spacial score (nSPS) is 18.2. The second kappa shape index (κ2) is 4.51. The lowest BCUT2D eigenvalue weighted by Gasteiger charge is -2.30. The van der Waals surface area contributed by atoms with Crippen molar-refractivity contribution in [3.8, 4) is 12.3 Å². The summed E-state index contributed by atoms with van der Waals surface area (Å²) in [6, 6.07) is -0.965. The molecule has 1 aliphatic rings. The van der Waals surface area contributed by atoms with E-state index in [1.54, 1.807) is 0 Å². The third-order valence-electron chi connectivity index (χ3n) is 1.98. The fraction of sp³-hybridized carbons (Fsp3) is 0.556. The predicted octanol–water partition coefficient (Wildman–Crippen LogP) is 0.305. The highest BCUT2D eigenvalue weighted by Crippen LogP contribution is 2.12. The quantitative estimate of drug-likeness (QED) is 0.661. The third kappa shape index (κ3) is 2.16. The molecule has 5 heteroatoms. The smallest absolute Gasteiger partial charge is 0.410 e. The standard InChI is InChI=1S/C9H11NO4/c1-2-4-7(8(11)12)10-5-3-6-14-9(10)13/h1,7H,3-6H2,(H,11,12). The zero-order valence-electron chi connectivity index (χ0n) is 7.60. The van der Waals surface area contributed by atoms with Crippen LogP contribution in [0.5, 0.6) is 0 Å². The van der Waals surface area contributed by atoms with Gasteiger partial charge in [0.2, 0.25) is 0 Å². The summed E-state index contributed by atoms with van der Waals surface area (Å²) in [6.45, 7) is 0.731. The summed E-state index contributed by atoms with van der Waals surface area (Å²) in [7, 11) is 0. The van der Waals surface area contributed by atoms with Crippen LogP contribution in [0.1, 0.15) is 12.8 Å². The van der Waals surface area contributed by atoms with Gasteiger partial charge in [0.15, 0.2) is 0 Å². The van der Waals surface area contributed by atoms with Crippen molar-refractivity contribution in [2.75, 3.05) is 13.2 Å². The van der Waals surface area contributed by atoms with Crippen LogP contribution in [0, 0.1) is 12.3 Å². The van der Waals surface area contributed by atoms with Gasteiger partial charge >= 0.3 is 12.1 Å². The Labute approximate surface area is 81.6 Å². The van der Waals surface area contributed by atoms with Crippen LogP contribution < -0.4 is 0 Å². The van der Waals surface area contributed by atoms with Gasteiger partial charge in [-0.2, -0.15) is 0 Å². The van der Waals surface area contributed by atoms with Crippen LogP contribution in [0.25, 0.3) is 0 Å². The largest absolute Gasteiger partial charge is 0.480 e. The SMILES string of the molecule is C#CCC(C(=O)O)N1CCCOC1=O. The molecule has 1 fully saturated rings. The number of ether oxygens (including phenoxy) is 1. The highest BCUT2D eigenvalue weighted by molar-refractivity contribution is 5.80. The van der Waals surface area contributed by atoms with Crippen LogP contribution in [0.4, 0.5) is 4.79 Å². The summed E-state index contributed by atoms with van der Waals surface area (Å²) in [5, 5.41) is 8.83. The Kier molecular flexibility index (Phi) is 3.35. The summed E-state index contributed by atoms with van der Waals surface area (Å²) >= 11 is 0. The first-order valence-electron chi connectivity index (χ1n) is 4.26. The van der Waals surface area contributed by atoms with E-state index in [9.17, 15) is 9.59 Å². The van der Waals surface area contributed by atoms with Crippen molar-refractivity contribution >= 4 is 12.1 Å². The Morgan fingerprint density at radius 3 is 3.00 bits per heavy atom.